The van der Waals surface area contributed by atoms with Crippen molar-refractivity contribution in [3.8, 4) is 0 Å². The van der Waals surface area contributed by atoms with E-state index in [9.17, 15) is 4.79 Å². The highest BCUT2D eigenvalue weighted by atomic mass is 16.5. The summed E-state index contributed by atoms with van der Waals surface area (Å²) in [6.07, 6.45) is 6.20. The molecule has 0 unspecified atom stereocenters. The molecule has 0 aliphatic heterocycles. The molecule has 2 amide bonds. The van der Waals surface area contributed by atoms with E-state index in [0.29, 0.717) is 19.3 Å². The fraction of sp³-hybridized carbons (Fsp3) is 0.917. The summed E-state index contributed by atoms with van der Waals surface area (Å²) >= 11 is 0. The van der Waals surface area contributed by atoms with Crippen LogP contribution in [-0.4, -0.2) is 43.0 Å². The minimum atomic E-state index is -0.229. The SMILES string of the molecule is C[C@@H](CO)NC(=O)NCCCOC1CCCC1. The Morgan fingerprint density at radius 1 is 1.47 bits per heavy atom. The predicted octanol–water partition coefficient (Wildman–Crippen LogP) is 1.02. The van der Waals surface area contributed by atoms with E-state index in [-0.39, 0.29) is 18.7 Å². The van der Waals surface area contributed by atoms with Gasteiger partial charge in [0.05, 0.1) is 18.8 Å². The van der Waals surface area contributed by atoms with E-state index in [4.69, 9.17) is 9.84 Å². The van der Waals surface area contributed by atoms with Crippen molar-refractivity contribution in [1.82, 2.24) is 10.6 Å². The molecule has 1 aliphatic rings. The summed E-state index contributed by atoms with van der Waals surface area (Å²) < 4.78 is 5.68. The van der Waals surface area contributed by atoms with Gasteiger partial charge in [0.1, 0.15) is 0 Å². The quantitative estimate of drug-likeness (QED) is 0.585. The molecule has 0 spiro atoms. The van der Waals surface area contributed by atoms with Gasteiger partial charge in [-0.2, -0.15) is 0 Å². The predicted molar refractivity (Wildman–Crippen MR) is 65.9 cm³/mol. The molecule has 0 aromatic heterocycles. The number of carbonyl (C=O) groups is 1. The van der Waals surface area contributed by atoms with Gasteiger partial charge in [-0.25, -0.2) is 4.79 Å². The highest BCUT2D eigenvalue weighted by Crippen LogP contribution is 2.20. The van der Waals surface area contributed by atoms with Crippen LogP contribution in [0.4, 0.5) is 4.79 Å². The third-order valence-electron chi connectivity index (χ3n) is 2.91. The van der Waals surface area contributed by atoms with Gasteiger partial charge in [-0.1, -0.05) is 12.8 Å². The van der Waals surface area contributed by atoms with Crippen molar-refractivity contribution >= 4 is 6.03 Å². The summed E-state index contributed by atoms with van der Waals surface area (Å²) in [5.74, 6) is 0. The molecule has 3 N–H and O–H groups in total. The summed E-state index contributed by atoms with van der Waals surface area (Å²) in [6.45, 7) is 3.03. The van der Waals surface area contributed by atoms with E-state index < -0.39 is 0 Å². The monoisotopic (exact) mass is 244 g/mol. The molecule has 0 bridgehead atoms. The van der Waals surface area contributed by atoms with Crippen LogP contribution < -0.4 is 10.6 Å². The molecular formula is C12H24N2O3. The highest BCUT2D eigenvalue weighted by Gasteiger charge is 2.14. The number of ether oxygens (including phenoxy) is 1. The van der Waals surface area contributed by atoms with Gasteiger partial charge >= 0.3 is 6.03 Å². The number of urea groups is 1. The maximum Gasteiger partial charge on any atom is 0.315 e. The van der Waals surface area contributed by atoms with Crippen LogP contribution in [0.2, 0.25) is 0 Å². The first-order valence-electron chi connectivity index (χ1n) is 6.49. The van der Waals surface area contributed by atoms with Crippen LogP contribution in [0.1, 0.15) is 39.0 Å². The zero-order valence-electron chi connectivity index (χ0n) is 10.6. The molecule has 1 fully saturated rings. The van der Waals surface area contributed by atoms with Crippen LogP contribution in [0.15, 0.2) is 0 Å². The molecule has 0 radical (unpaired) electrons. The summed E-state index contributed by atoms with van der Waals surface area (Å²) in [7, 11) is 0. The summed E-state index contributed by atoms with van der Waals surface area (Å²) in [5.41, 5.74) is 0. The molecular weight excluding hydrogens is 220 g/mol. The highest BCUT2D eigenvalue weighted by molar-refractivity contribution is 5.74. The number of aliphatic hydroxyl groups excluding tert-OH is 1. The van der Waals surface area contributed by atoms with Crippen molar-refractivity contribution in [1.29, 1.82) is 0 Å². The largest absolute Gasteiger partial charge is 0.394 e. The number of hydrogen-bond acceptors (Lipinski definition) is 3. The molecule has 1 aliphatic carbocycles. The molecule has 0 saturated heterocycles. The fourth-order valence-corrected chi connectivity index (χ4v) is 1.90. The molecule has 100 valence electrons. The number of carbonyl (C=O) groups excluding carboxylic acids is 1. The Morgan fingerprint density at radius 2 is 2.18 bits per heavy atom. The van der Waals surface area contributed by atoms with Crippen molar-refractivity contribution in [3.63, 3.8) is 0 Å². The van der Waals surface area contributed by atoms with Gasteiger partial charge in [-0.3, -0.25) is 0 Å². The Balaban J connectivity index is 1.90. The number of hydrogen-bond donors (Lipinski definition) is 3. The smallest absolute Gasteiger partial charge is 0.315 e. The Hall–Kier alpha value is -0.810. The first-order chi connectivity index (χ1) is 8.22. The minimum Gasteiger partial charge on any atom is -0.394 e. The van der Waals surface area contributed by atoms with E-state index in [1.807, 2.05) is 0 Å². The molecule has 1 saturated carbocycles. The fourth-order valence-electron chi connectivity index (χ4n) is 1.90. The van der Waals surface area contributed by atoms with Gasteiger partial charge < -0.3 is 20.5 Å². The van der Waals surface area contributed by atoms with Crippen molar-refractivity contribution in [2.75, 3.05) is 19.8 Å². The maximum absolute atomic E-state index is 11.3. The first kappa shape index (κ1) is 14.3. The second-order valence-electron chi connectivity index (χ2n) is 4.61. The van der Waals surface area contributed by atoms with Crippen molar-refractivity contribution in [2.24, 2.45) is 0 Å². The van der Waals surface area contributed by atoms with Gasteiger partial charge in [0.25, 0.3) is 0 Å². The maximum atomic E-state index is 11.3. The van der Waals surface area contributed by atoms with Gasteiger partial charge in [0.2, 0.25) is 0 Å². The van der Waals surface area contributed by atoms with Crippen molar-refractivity contribution in [3.05, 3.63) is 0 Å². The van der Waals surface area contributed by atoms with Crippen LogP contribution in [0.5, 0.6) is 0 Å². The Morgan fingerprint density at radius 3 is 2.82 bits per heavy atom. The lowest BCUT2D eigenvalue weighted by atomic mass is 10.3. The molecule has 17 heavy (non-hydrogen) atoms. The van der Waals surface area contributed by atoms with Gasteiger partial charge in [0, 0.05) is 13.2 Å². The first-order valence-corrected chi connectivity index (χ1v) is 6.49. The van der Waals surface area contributed by atoms with E-state index in [1.165, 1.54) is 25.7 Å². The number of amides is 2. The third kappa shape index (κ3) is 6.48. The van der Waals surface area contributed by atoms with Crippen LogP contribution >= 0.6 is 0 Å². The molecule has 1 atom stereocenters. The van der Waals surface area contributed by atoms with E-state index in [2.05, 4.69) is 10.6 Å². The molecule has 0 aromatic rings. The standard InChI is InChI=1S/C12H24N2O3/c1-10(9-15)14-12(16)13-7-4-8-17-11-5-2-3-6-11/h10-11,15H,2-9H2,1H3,(H2,13,14,16)/t10-/m0/s1. The van der Waals surface area contributed by atoms with E-state index in [1.54, 1.807) is 6.92 Å². The lowest BCUT2D eigenvalue weighted by molar-refractivity contribution is 0.0572. The number of aliphatic hydroxyl groups is 1. The van der Waals surface area contributed by atoms with E-state index >= 15 is 0 Å². The van der Waals surface area contributed by atoms with Crippen LogP contribution in [-0.2, 0) is 4.74 Å². The second kappa shape index (κ2) is 8.31. The lowest BCUT2D eigenvalue weighted by Gasteiger charge is -2.13. The molecule has 0 aromatic carbocycles. The molecule has 0 heterocycles. The zero-order chi connectivity index (χ0) is 12.5. The lowest BCUT2D eigenvalue weighted by Crippen LogP contribution is -2.42. The zero-order valence-corrected chi connectivity index (χ0v) is 10.6. The minimum absolute atomic E-state index is 0.0434. The van der Waals surface area contributed by atoms with Gasteiger partial charge in [0.15, 0.2) is 0 Å². The average Bonchev–Trinajstić information content (AvgIpc) is 2.81. The summed E-state index contributed by atoms with van der Waals surface area (Å²) in [4.78, 5) is 11.3. The van der Waals surface area contributed by atoms with Gasteiger partial charge in [-0.15, -0.1) is 0 Å². The number of rotatable bonds is 7. The van der Waals surface area contributed by atoms with E-state index in [0.717, 1.165) is 6.42 Å². The van der Waals surface area contributed by atoms with Crippen molar-refractivity contribution < 1.29 is 14.6 Å². The van der Waals surface area contributed by atoms with Crippen LogP contribution in [0.25, 0.3) is 0 Å². The Bertz CT molecular complexity index is 218. The van der Waals surface area contributed by atoms with Crippen LogP contribution in [0.3, 0.4) is 0 Å². The summed E-state index contributed by atoms with van der Waals surface area (Å²) in [5, 5.41) is 14.1. The Labute approximate surface area is 103 Å². The average molecular weight is 244 g/mol. The second-order valence-corrected chi connectivity index (χ2v) is 4.61. The molecule has 5 heteroatoms. The topological polar surface area (TPSA) is 70.6 Å². The van der Waals surface area contributed by atoms with Crippen LogP contribution in [0, 0.1) is 0 Å². The molecule has 1 rings (SSSR count). The summed E-state index contributed by atoms with van der Waals surface area (Å²) in [6, 6.07) is -0.433. The Kier molecular flexibility index (Phi) is 6.96. The third-order valence-corrected chi connectivity index (χ3v) is 2.91. The van der Waals surface area contributed by atoms with Gasteiger partial charge in [-0.05, 0) is 26.2 Å². The van der Waals surface area contributed by atoms with Crippen molar-refractivity contribution in [2.45, 2.75) is 51.2 Å². The normalized spacial score (nSPS) is 18.0. The molecule has 5 nitrogen and oxygen atoms in total. The number of nitrogens with one attached hydrogen (secondary N) is 2.